The number of ether oxygens (including phenoxy) is 8. The number of hydrogen-bond donors (Lipinski definition) is 3. The van der Waals surface area contributed by atoms with Crippen LogP contribution in [0.5, 0.6) is 57.5 Å². The number of Topliss-reactive ketones (excluding diaryl/α,β-unsaturated/α-hetero) is 2. The highest BCUT2D eigenvalue weighted by Crippen LogP contribution is 2.61. The number of rotatable bonds is 7. The summed E-state index contributed by atoms with van der Waals surface area (Å²) in [6.07, 6.45) is 1.54. The van der Waals surface area contributed by atoms with Crippen molar-refractivity contribution in [1.82, 2.24) is 24.9 Å². The summed E-state index contributed by atoms with van der Waals surface area (Å²) in [5.41, 5.74) is 6.76. The molecule has 0 spiro atoms. The molecule has 0 saturated carbocycles. The molecule has 2 fully saturated rings. The SMILES string of the molecule is CC[C@H]1c2c3c(c(C)c(OC(C)=O)c2C(=O)[C@@H]2[C@H]4c5c(cc(C)c(OC)c5O)C[C@@H]([C@H](C#N)N21)N4C)OCO3.COc1c(C)cc2c(c1O)[C@@H]1[C@H]3C(=O)c4c(OC(C)=O)c(C)c5c(c4[C@H](CNC(C)=O)N3[C@@H](C#N)[C@H](C2)N1C)OCO5. The van der Waals surface area contributed by atoms with Gasteiger partial charge in [-0.1, -0.05) is 19.1 Å². The third kappa shape index (κ3) is 7.89. The molecule has 3 N–H and O–H groups in total. The highest BCUT2D eigenvalue weighted by Gasteiger charge is 2.62. The Labute approximate surface area is 467 Å². The number of phenolic OH excluding ortho intramolecular Hbond substituents is 2. The lowest BCUT2D eigenvalue weighted by molar-refractivity contribution is -0.133. The summed E-state index contributed by atoms with van der Waals surface area (Å²) in [5.74, 6) is 0.238. The van der Waals surface area contributed by atoms with Gasteiger partial charge >= 0.3 is 11.9 Å². The van der Waals surface area contributed by atoms with E-state index in [2.05, 4.69) is 17.5 Å². The van der Waals surface area contributed by atoms with Gasteiger partial charge in [0, 0.05) is 78.8 Å². The number of amides is 1. The molecule has 1 amide bonds. The number of piperazine rings is 2. The van der Waals surface area contributed by atoms with E-state index in [4.69, 9.17) is 37.9 Å². The van der Waals surface area contributed by atoms with Crippen LogP contribution in [0.2, 0.25) is 0 Å². The first-order valence-corrected chi connectivity index (χ1v) is 26.9. The smallest absolute Gasteiger partial charge is 0.308 e. The fraction of sp³-hybridized carbons (Fsp3) is 0.475. The predicted molar refractivity (Wildman–Crippen MR) is 285 cm³/mol. The number of esters is 2. The van der Waals surface area contributed by atoms with Crippen LogP contribution in [0.4, 0.5) is 0 Å². The summed E-state index contributed by atoms with van der Waals surface area (Å²) < 4.78 is 45.8. The van der Waals surface area contributed by atoms with Crippen molar-refractivity contribution < 1.29 is 72.1 Å². The molecule has 81 heavy (non-hydrogen) atoms. The van der Waals surface area contributed by atoms with Crippen molar-refractivity contribution in [3.8, 4) is 69.6 Å². The Bertz CT molecular complexity index is 3530. The molecule has 0 aliphatic carbocycles. The monoisotopic (exact) mass is 1110 g/mol. The van der Waals surface area contributed by atoms with E-state index in [1.165, 1.54) is 35.0 Å². The molecule has 0 aromatic heterocycles. The predicted octanol–water partition coefficient (Wildman–Crippen LogP) is 5.71. The molecular formula is C59H63N7O15. The summed E-state index contributed by atoms with van der Waals surface area (Å²) in [6, 6.07) is 2.71. The van der Waals surface area contributed by atoms with Gasteiger partial charge < -0.3 is 53.4 Å². The van der Waals surface area contributed by atoms with E-state index in [0.717, 1.165) is 22.3 Å². The molecule has 8 aliphatic rings. The quantitative estimate of drug-likeness (QED) is 0.148. The van der Waals surface area contributed by atoms with E-state index in [1.807, 2.05) is 66.6 Å². The number of benzene rings is 4. The zero-order valence-corrected chi connectivity index (χ0v) is 47.1. The number of carbonyl (C=O) groups is 5. The minimum Gasteiger partial charge on any atom is -0.504 e. The maximum absolute atomic E-state index is 14.9. The van der Waals surface area contributed by atoms with Crippen LogP contribution in [-0.4, -0.2) is 144 Å². The van der Waals surface area contributed by atoms with Crippen molar-refractivity contribution in [3.63, 3.8) is 0 Å². The molecule has 0 radical (unpaired) electrons. The highest BCUT2D eigenvalue weighted by molar-refractivity contribution is 6.09. The number of aryl methyl sites for hydroxylation is 2. The van der Waals surface area contributed by atoms with Crippen LogP contribution < -0.4 is 43.2 Å². The number of nitrogens with one attached hydrogen (secondary N) is 1. The Balaban J connectivity index is 0.000000171. The van der Waals surface area contributed by atoms with Crippen LogP contribution in [0, 0.1) is 50.4 Å². The van der Waals surface area contributed by atoms with Gasteiger partial charge in [0.15, 0.2) is 57.6 Å². The number of likely N-dealkylation sites (N-methyl/N-ethyl adjacent to an activating group) is 2. The Morgan fingerprint density at radius 2 is 1.02 bits per heavy atom. The Kier molecular flexibility index (Phi) is 13.6. The molecule has 2 saturated heterocycles. The molecular weight excluding hydrogens is 1050 g/mol. The standard InChI is InChI=1S/C30H32N4O8.C29H31N3O7/c1-12-7-16-8-17-18(9-31)34-19(10-32-14(3)35)21-22(28(42-15(4)36)13(2)29-30(21)41-11-40-29)25(37)24(34)23(33(17)5)20(16)26(38)27(12)39-6;1-7-16-20-21(27(39-14(4)33)13(3)28-29(20)38-11-37-28)24(34)23-22-19-15(8-12(2)26(36-6)25(19)35)9-17(31(22)5)18(10-30)32(16)23/h7,17-19,23-24,38H,8,10-11H2,1-6H3,(H,32,35);8,16-18,22-23,35H,7,9,11H2,1-6H3/t17-,18-,19-,23+,24-;16-,17-,18-,22+,23-/m00/s1. The molecule has 22 heteroatoms. The van der Waals surface area contributed by atoms with Gasteiger partial charge in [0.1, 0.15) is 23.6 Å². The lowest BCUT2D eigenvalue weighted by Gasteiger charge is -2.59. The zero-order valence-electron chi connectivity index (χ0n) is 47.1. The molecule has 424 valence electrons. The fourth-order valence-corrected chi connectivity index (χ4v) is 14.6. The molecule has 8 heterocycles. The molecule has 4 aromatic rings. The van der Waals surface area contributed by atoms with Gasteiger partial charge in [0.05, 0.1) is 67.7 Å². The Morgan fingerprint density at radius 3 is 1.40 bits per heavy atom. The van der Waals surface area contributed by atoms with E-state index in [-0.39, 0.29) is 78.0 Å². The van der Waals surface area contributed by atoms with Crippen LogP contribution in [0.1, 0.15) is 135 Å². The third-order valence-corrected chi connectivity index (χ3v) is 17.7. The molecule has 4 aromatic carbocycles. The summed E-state index contributed by atoms with van der Waals surface area (Å²) in [5, 5.41) is 47.0. The van der Waals surface area contributed by atoms with Gasteiger partial charge in [-0.05, 0) is 83.3 Å². The van der Waals surface area contributed by atoms with Crippen molar-refractivity contribution >= 4 is 29.4 Å². The normalized spacial score (nSPS) is 26.1. The zero-order chi connectivity index (χ0) is 58.1. The summed E-state index contributed by atoms with van der Waals surface area (Å²) >= 11 is 0. The van der Waals surface area contributed by atoms with Crippen LogP contribution >= 0.6 is 0 Å². The number of hydrogen-bond acceptors (Lipinski definition) is 21. The van der Waals surface area contributed by atoms with Gasteiger partial charge in [-0.2, -0.15) is 10.5 Å². The molecule has 10 atom stereocenters. The summed E-state index contributed by atoms with van der Waals surface area (Å²) in [7, 11) is 6.72. The van der Waals surface area contributed by atoms with E-state index in [1.54, 1.807) is 13.8 Å². The second-order valence-corrected chi connectivity index (χ2v) is 21.9. The number of nitrogens with zero attached hydrogens (tertiary/aromatic N) is 6. The maximum Gasteiger partial charge on any atom is 0.308 e. The second-order valence-electron chi connectivity index (χ2n) is 21.9. The third-order valence-electron chi connectivity index (χ3n) is 17.7. The number of phenols is 2. The maximum atomic E-state index is 14.9. The number of carbonyl (C=O) groups excluding carboxylic acids is 5. The first kappa shape index (κ1) is 54.8. The molecule has 8 aliphatic heterocycles. The van der Waals surface area contributed by atoms with Crippen molar-refractivity contribution in [1.29, 1.82) is 10.5 Å². The van der Waals surface area contributed by atoms with Gasteiger partial charge in [-0.3, -0.25) is 43.6 Å². The van der Waals surface area contributed by atoms with Crippen molar-refractivity contribution in [3.05, 3.63) is 78.9 Å². The van der Waals surface area contributed by atoms with Crippen LogP contribution in [0.25, 0.3) is 0 Å². The lowest BCUT2D eigenvalue weighted by atomic mass is 9.71. The van der Waals surface area contributed by atoms with E-state index < -0.39 is 66.1 Å². The minimum atomic E-state index is -0.992. The average molecular weight is 1110 g/mol. The van der Waals surface area contributed by atoms with E-state index >= 15 is 0 Å². The van der Waals surface area contributed by atoms with Crippen LogP contribution in [-0.2, 0) is 27.2 Å². The van der Waals surface area contributed by atoms with Crippen LogP contribution in [0.15, 0.2) is 12.1 Å². The highest BCUT2D eigenvalue weighted by atomic mass is 16.7. The van der Waals surface area contributed by atoms with Crippen molar-refractivity contribution in [2.75, 3.05) is 48.4 Å². The molecule has 0 unspecified atom stereocenters. The van der Waals surface area contributed by atoms with Gasteiger partial charge in [-0.25, -0.2) is 0 Å². The molecule has 12 rings (SSSR count). The minimum absolute atomic E-state index is 0.00637. The molecule has 4 bridgehead atoms. The average Bonchev–Trinajstić information content (AvgIpc) is 4.20. The Hall–Kier alpha value is -8.15. The van der Waals surface area contributed by atoms with Gasteiger partial charge in [-0.15, -0.1) is 0 Å². The largest absolute Gasteiger partial charge is 0.504 e. The second kappa shape index (κ2) is 20.1. The number of methoxy groups -OCH3 is 2. The van der Waals surface area contributed by atoms with E-state index in [0.29, 0.717) is 87.1 Å². The fourth-order valence-electron chi connectivity index (χ4n) is 14.6. The first-order chi connectivity index (χ1) is 38.7. The Morgan fingerprint density at radius 1 is 0.630 bits per heavy atom. The summed E-state index contributed by atoms with van der Waals surface area (Å²) in [6.45, 7) is 13.0. The van der Waals surface area contributed by atoms with Crippen molar-refractivity contribution in [2.24, 2.45) is 0 Å². The number of fused-ring (bicyclic) bond motifs is 18. The number of nitriles is 2. The first-order valence-electron chi connectivity index (χ1n) is 26.9. The number of ketones is 2. The van der Waals surface area contributed by atoms with Gasteiger partial charge in [0.2, 0.25) is 19.5 Å². The summed E-state index contributed by atoms with van der Waals surface area (Å²) in [4.78, 5) is 74.1. The number of aromatic hydroxyl groups is 2. The van der Waals surface area contributed by atoms with Crippen molar-refractivity contribution in [2.45, 2.75) is 135 Å². The van der Waals surface area contributed by atoms with Gasteiger partial charge in [0.25, 0.3) is 0 Å². The van der Waals surface area contributed by atoms with Crippen LogP contribution in [0.3, 0.4) is 0 Å². The molecule has 22 nitrogen and oxygen atoms in total. The van der Waals surface area contributed by atoms with E-state index in [9.17, 15) is 44.7 Å². The topological polar surface area (TPSA) is 272 Å². The lowest BCUT2D eigenvalue weighted by Crippen LogP contribution is -2.70.